The zero-order valence-corrected chi connectivity index (χ0v) is 10.9. The van der Waals surface area contributed by atoms with Gasteiger partial charge >= 0.3 is 0 Å². The number of rotatable bonds is 4. The molecule has 0 aromatic heterocycles. The minimum absolute atomic E-state index is 0.212. The van der Waals surface area contributed by atoms with Crippen LogP contribution in [0, 0.1) is 0 Å². The number of fused-ring (bicyclic) bond motifs is 1. The maximum Gasteiger partial charge on any atom is 0.231 e. The van der Waals surface area contributed by atoms with Gasteiger partial charge in [-0.25, -0.2) is 0 Å². The van der Waals surface area contributed by atoms with Crippen LogP contribution in [0.4, 0.5) is 5.69 Å². The minimum Gasteiger partial charge on any atom is -0.320 e. The van der Waals surface area contributed by atoms with Gasteiger partial charge in [0.1, 0.15) is 0 Å². The molecule has 0 bridgehead atoms. The summed E-state index contributed by atoms with van der Waals surface area (Å²) in [7, 11) is 1.93. The van der Waals surface area contributed by atoms with Gasteiger partial charge in [0.2, 0.25) is 5.91 Å². The van der Waals surface area contributed by atoms with Crippen LogP contribution in [0.25, 0.3) is 0 Å². The maximum atomic E-state index is 11.8. The van der Waals surface area contributed by atoms with E-state index in [1.165, 1.54) is 0 Å². The second kappa shape index (κ2) is 4.97. The molecule has 0 spiro atoms. The number of halogens is 1. The molecule has 2 rings (SSSR count). The van der Waals surface area contributed by atoms with E-state index in [2.05, 4.69) is 21.2 Å². The minimum atomic E-state index is 0.212. The van der Waals surface area contributed by atoms with Gasteiger partial charge in [-0.3, -0.25) is 4.79 Å². The van der Waals surface area contributed by atoms with Crippen LogP contribution in [0.1, 0.15) is 12.0 Å². The molecule has 0 aliphatic carbocycles. The van der Waals surface area contributed by atoms with Crippen LogP contribution in [0.5, 0.6) is 0 Å². The van der Waals surface area contributed by atoms with Crippen LogP contribution in [-0.4, -0.2) is 26.0 Å². The Hall–Kier alpha value is -0.870. The van der Waals surface area contributed by atoms with Crippen LogP contribution < -0.4 is 10.2 Å². The Kier molecular flexibility index (Phi) is 3.61. The monoisotopic (exact) mass is 282 g/mol. The number of anilines is 1. The van der Waals surface area contributed by atoms with Gasteiger partial charge in [-0.05, 0) is 43.8 Å². The predicted molar refractivity (Wildman–Crippen MR) is 68.7 cm³/mol. The van der Waals surface area contributed by atoms with Crippen molar-refractivity contribution in [2.75, 3.05) is 25.0 Å². The Morgan fingerprint density at radius 1 is 1.50 bits per heavy atom. The average molecular weight is 283 g/mol. The molecular weight excluding hydrogens is 268 g/mol. The Labute approximate surface area is 104 Å². The van der Waals surface area contributed by atoms with Gasteiger partial charge in [-0.2, -0.15) is 0 Å². The van der Waals surface area contributed by atoms with Gasteiger partial charge in [-0.15, -0.1) is 0 Å². The first-order chi connectivity index (χ1) is 7.72. The summed E-state index contributed by atoms with van der Waals surface area (Å²) in [6, 6.07) is 6.04. The van der Waals surface area contributed by atoms with E-state index in [1.54, 1.807) is 0 Å². The van der Waals surface area contributed by atoms with Crippen molar-refractivity contribution in [1.82, 2.24) is 5.32 Å². The van der Waals surface area contributed by atoms with Crippen LogP contribution in [0.3, 0.4) is 0 Å². The Balaban J connectivity index is 2.13. The van der Waals surface area contributed by atoms with Gasteiger partial charge < -0.3 is 10.2 Å². The summed E-state index contributed by atoms with van der Waals surface area (Å²) in [5.74, 6) is 0.212. The fourth-order valence-corrected chi connectivity index (χ4v) is 2.42. The highest BCUT2D eigenvalue weighted by Gasteiger charge is 2.26. The number of nitrogens with zero attached hydrogens (tertiary/aromatic N) is 1. The van der Waals surface area contributed by atoms with Crippen molar-refractivity contribution in [3.05, 3.63) is 28.2 Å². The van der Waals surface area contributed by atoms with Crippen molar-refractivity contribution < 1.29 is 4.79 Å². The highest BCUT2D eigenvalue weighted by molar-refractivity contribution is 9.10. The van der Waals surface area contributed by atoms with Crippen molar-refractivity contribution in [3.63, 3.8) is 0 Å². The largest absolute Gasteiger partial charge is 0.320 e. The highest BCUT2D eigenvalue weighted by Crippen LogP contribution is 2.31. The fraction of sp³-hybridized carbons (Fsp3) is 0.417. The quantitative estimate of drug-likeness (QED) is 0.857. The molecule has 1 N–H and O–H groups in total. The number of nitrogens with one attached hydrogen (secondary N) is 1. The molecule has 0 saturated carbocycles. The Morgan fingerprint density at radius 2 is 2.31 bits per heavy atom. The van der Waals surface area contributed by atoms with Crippen LogP contribution in [-0.2, 0) is 11.2 Å². The second-order valence-corrected chi connectivity index (χ2v) is 4.87. The summed E-state index contributed by atoms with van der Waals surface area (Å²) in [6.45, 7) is 1.74. The fourth-order valence-electron chi connectivity index (χ4n) is 2.01. The molecule has 86 valence electrons. The molecular formula is C12H15BrN2O. The van der Waals surface area contributed by atoms with E-state index in [1.807, 2.05) is 30.1 Å². The van der Waals surface area contributed by atoms with E-state index in [-0.39, 0.29) is 5.91 Å². The molecule has 1 amide bonds. The molecule has 1 heterocycles. The molecule has 1 aliphatic rings. The molecule has 3 nitrogen and oxygen atoms in total. The average Bonchev–Trinajstić information content (AvgIpc) is 2.55. The molecule has 1 aliphatic heterocycles. The normalized spacial score (nSPS) is 14.4. The summed E-state index contributed by atoms with van der Waals surface area (Å²) < 4.78 is 1.04. The summed E-state index contributed by atoms with van der Waals surface area (Å²) in [5.41, 5.74) is 2.20. The first-order valence-corrected chi connectivity index (χ1v) is 6.25. The van der Waals surface area contributed by atoms with Crippen LogP contribution in [0.2, 0.25) is 0 Å². The second-order valence-electron chi connectivity index (χ2n) is 3.95. The third-order valence-corrected chi connectivity index (χ3v) is 3.28. The van der Waals surface area contributed by atoms with Gasteiger partial charge in [0.05, 0.1) is 6.42 Å². The van der Waals surface area contributed by atoms with E-state index in [0.29, 0.717) is 6.42 Å². The maximum absolute atomic E-state index is 11.8. The standard InChI is InChI=1S/C12H15BrN2O/c1-14-5-2-6-15-11-4-3-10(13)7-9(11)8-12(15)16/h3-4,7,14H,2,5-6,8H2,1H3. The van der Waals surface area contributed by atoms with E-state index in [4.69, 9.17) is 0 Å². The molecule has 16 heavy (non-hydrogen) atoms. The molecule has 0 unspecified atom stereocenters. The van der Waals surface area contributed by atoms with Gasteiger partial charge in [0.15, 0.2) is 0 Å². The SMILES string of the molecule is CNCCCN1C(=O)Cc2cc(Br)ccc21. The van der Waals surface area contributed by atoms with E-state index in [9.17, 15) is 4.79 Å². The molecule has 0 fully saturated rings. The van der Waals surface area contributed by atoms with Crippen LogP contribution >= 0.6 is 15.9 Å². The van der Waals surface area contributed by atoms with Gasteiger partial charge in [0.25, 0.3) is 0 Å². The molecule has 1 aromatic rings. The number of hydrogen-bond acceptors (Lipinski definition) is 2. The smallest absolute Gasteiger partial charge is 0.231 e. The summed E-state index contributed by atoms with van der Waals surface area (Å²) in [6.07, 6.45) is 1.52. The lowest BCUT2D eigenvalue weighted by molar-refractivity contribution is -0.117. The molecule has 0 radical (unpaired) electrons. The van der Waals surface area contributed by atoms with Crippen molar-refractivity contribution in [2.24, 2.45) is 0 Å². The van der Waals surface area contributed by atoms with E-state index in [0.717, 1.165) is 35.2 Å². The Bertz CT molecular complexity index is 406. The van der Waals surface area contributed by atoms with Gasteiger partial charge in [0, 0.05) is 16.7 Å². The molecule has 4 heteroatoms. The zero-order valence-electron chi connectivity index (χ0n) is 9.29. The first kappa shape index (κ1) is 11.6. The van der Waals surface area contributed by atoms with Crippen LogP contribution in [0.15, 0.2) is 22.7 Å². The number of hydrogen-bond donors (Lipinski definition) is 1. The number of carbonyl (C=O) groups excluding carboxylic acids is 1. The molecule has 1 aromatic carbocycles. The third kappa shape index (κ3) is 2.28. The van der Waals surface area contributed by atoms with Crippen molar-refractivity contribution in [1.29, 1.82) is 0 Å². The lowest BCUT2D eigenvalue weighted by Gasteiger charge is -2.17. The van der Waals surface area contributed by atoms with E-state index >= 15 is 0 Å². The van der Waals surface area contributed by atoms with Gasteiger partial charge in [-0.1, -0.05) is 15.9 Å². The molecule has 0 atom stereocenters. The highest BCUT2D eigenvalue weighted by atomic mass is 79.9. The van der Waals surface area contributed by atoms with Crippen molar-refractivity contribution in [2.45, 2.75) is 12.8 Å². The lowest BCUT2D eigenvalue weighted by atomic mass is 10.2. The van der Waals surface area contributed by atoms with Crippen molar-refractivity contribution in [3.8, 4) is 0 Å². The summed E-state index contributed by atoms with van der Waals surface area (Å²) >= 11 is 3.43. The summed E-state index contributed by atoms with van der Waals surface area (Å²) in [4.78, 5) is 13.7. The third-order valence-electron chi connectivity index (χ3n) is 2.78. The topological polar surface area (TPSA) is 32.3 Å². The summed E-state index contributed by atoms with van der Waals surface area (Å²) in [5, 5.41) is 3.09. The number of carbonyl (C=O) groups is 1. The number of benzene rings is 1. The van der Waals surface area contributed by atoms with Crippen molar-refractivity contribution >= 4 is 27.5 Å². The predicted octanol–water partition coefficient (Wildman–Crippen LogP) is 1.95. The number of amides is 1. The molecule has 0 saturated heterocycles. The zero-order chi connectivity index (χ0) is 11.5. The Morgan fingerprint density at radius 3 is 3.06 bits per heavy atom. The first-order valence-electron chi connectivity index (χ1n) is 5.46. The lowest BCUT2D eigenvalue weighted by Crippen LogP contribution is -2.29. The van der Waals surface area contributed by atoms with E-state index < -0.39 is 0 Å².